The topological polar surface area (TPSA) is 26.3 Å². The molecule has 0 saturated heterocycles. The fourth-order valence-corrected chi connectivity index (χ4v) is 4.69. The molecule has 0 aliphatic heterocycles. The third-order valence-electron chi connectivity index (χ3n) is 6.21. The highest BCUT2D eigenvalue weighted by Crippen LogP contribution is 2.38. The Morgan fingerprint density at radius 2 is 1.81 bits per heavy atom. The highest BCUT2D eigenvalue weighted by molar-refractivity contribution is 6.74. The van der Waals surface area contributed by atoms with Gasteiger partial charge in [0.05, 0.1) is 6.10 Å². The van der Waals surface area contributed by atoms with Gasteiger partial charge in [0.15, 0.2) is 8.32 Å². The molecule has 0 radical (unpaired) electrons. The monoisotopic (exact) mass is 380 g/mol. The summed E-state index contributed by atoms with van der Waals surface area (Å²) in [4.78, 5) is 11.7. The maximum atomic E-state index is 11.7. The van der Waals surface area contributed by atoms with Crippen molar-refractivity contribution >= 4 is 14.1 Å². The summed E-state index contributed by atoms with van der Waals surface area (Å²) >= 11 is 0. The molecule has 0 aromatic rings. The van der Waals surface area contributed by atoms with Crippen LogP contribution in [0.1, 0.15) is 98.3 Å². The number of rotatable bonds is 11. The van der Waals surface area contributed by atoms with Crippen molar-refractivity contribution in [3.05, 3.63) is 12.2 Å². The average molecular weight is 381 g/mol. The number of Topliss-reactive ketones (excluding diaryl/α,β-unsaturated/α-hetero) is 1. The summed E-state index contributed by atoms with van der Waals surface area (Å²) < 4.78 is 6.72. The smallest absolute Gasteiger partial charge is 0.192 e. The van der Waals surface area contributed by atoms with Crippen molar-refractivity contribution in [2.24, 2.45) is 5.92 Å². The highest BCUT2D eigenvalue weighted by Gasteiger charge is 2.38. The molecule has 0 amide bonds. The summed E-state index contributed by atoms with van der Waals surface area (Å²) in [5, 5.41) is 0.237. The van der Waals surface area contributed by atoms with Crippen molar-refractivity contribution in [2.45, 2.75) is 123 Å². The lowest BCUT2D eigenvalue weighted by Gasteiger charge is -2.39. The van der Waals surface area contributed by atoms with Crippen LogP contribution in [-0.2, 0) is 9.22 Å². The van der Waals surface area contributed by atoms with Gasteiger partial charge in [0.1, 0.15) is 5.78 Å². The first-order chi connectivity index (χ1) is 12.2. The lowest BCUT2D eigenvalue weighted by molar-refractivity contribution is -0.121. The highest BCUT2D eigenvalue weighted by atomic mass is 28.4. The van der Waals surface area contributed by atoms with E-state index in [4.69, 9.17) is 4.43 Å². The van der Waals surface area contributed by atoms with Crippen LogP contribution in [0.5, 0.6) is 0 Å². The van der Waals surface area contributed by atoms with E-state index in [9.17, 15) is 4.79 Å². The van der Waals surface area contributed by atoms with Gasteiger partial charge in [0.25, 0.3) is 0 Å². The van der Waals surface area contributed by atoms with Gasteiger partial charge in [0.2, 0.25) is 0 Å². The Labute approximate surface area is 164 Å². The van der Waals surface area contributed by atoms with E-state index >= 15 is 0 Å². The summed E-state index contributed by atoms with van der Waals surface area (Å²) in [6.07, 6.45) is 17.6. The summed E-state index contributed by atoms with van der Waals surface area (Å²) in [6, 6.07) is 0. The van der Waals surface area contributed by atoms with E-state index < -0.39 is 8.32 Å². The molecule has 0 aromatic carbocycles. The molecule has 2 unspecified atom stereocenters. The zero-order valence-electron chi connectivity index (χ0n) is 18.4. The number of ketones is 1. The Bertz CT molecular complexity index is 434. The maximum Gasteiger partial charge on any atom is 0.192 e. The number of hydrogen-bond donors (Lipinski definition) is 0. The summed E-state index contributed by atoms with van der Waals surface area (Å²) in [5.74, 6) is 0.870. The van der Waals surface area contributed by atoms with Crippen LogP contribution in [0.3, 0.4) is 0 Å². The lowest BCUT2D eigenvalue weighted by atomic mass is 9.88. The van der Waals surface area contributed by atoms with E-state index in [-0.39, 0.29) is 11.1 Å². The molecular weight excluding hydrogens is 336 g/mol. The van der Waals surface area contributed by atoms with Gasteiger partial charge in [0, 0.05) is 12.8 Å². The summed E-state index contributed by atoms with van der Waals surface area (Å²) in [5.41, 5.74) is 0. The standard InChI is InChI=1S/C23H44O2Si/c1-7-8-9-10-11-12-16-22(25-26(5,6)23(2,3)4)18-17-20-14-13-15-21(24)19-20/h17-18,20,22H,7-16,19H2,1-6H3. The predicted molar refractivity (Wildman–Crippen MR) is 116 cm³/mol. The number of allylic oxidation sites excluding steroid dienone is 1. The minimum atomic E-state index is -1.77. The minimum absolute atomic E-state index is 0.221. The molecule has 26 heavy (non-hydrogen) atoms. The van der Waals surface area contributed by atoms with Crippen LogP contribution < -0.4 is 0 Å². The fourth-order valence-electron chi connectivity index (χ4n) is 3.38. The van der Waals surface area contributed by atoms with Gasteiger partial charge in [-0.25, -0.2) is 0 Å². The zero-order valence-corrected chi connectivity index (χ0v) is 19.4. The number of hydrogen-bond acceptors (Lipinski definition) is 2. The molecule has 1 rings (SSSR count). The van der Waals surface area contributed by atoms with Crippen molar-refractivity contribution in [3.63, 3.8) is 0 Å². The fraction of sp³-hybridized carbons (Fsp3) is 0.870. The number of carbonyl (C=O) groups excluding carboxylic acids is 1. The van der Waals surface area contributed by atoms with Crippen LogP contribution in [0.15, 0.2) is 12.2 Å². The second-order valence-electron chi connectivity index (χ2n) is 9.75. The van der Waals surface area contributed by atoms with E-state index in [0.717, 1.165) is 32.1 Å². The summed E-state index contributed by atoms with van der Waals surface area (Å²) in [7, 11) is -1.77. The van der Waals surface area contributed by atoms with E-state index in [2.05, 4.69) is 52.9 Å². The molecule has 1 fully saturated rings. The van der Waals surface area contributed by atoms with Gasteiger partial charge in [-0.2, -0.15) is 0 Å². The third-order valence-corrected chi connectivity index (χ3v) is 10.7. The van der Waals surface area contributed by atoms with Gasteiger partial charge in [-0.3, -0.25) is 4.79 Å². The van der Waals surface area contributed by atoms with Crippen molar-refractivity contribution in [3.8, 4) is 0 Å². The lowest BCUT2D eigenvalue weighted by Crippen LogP contribution is -2.43. The molecule has 152 valence electrons. The van der Waals surface area contributed by atoms with Crippen molar-refractivity contribution in [1.82, 2.24) is 0 Å². The molecule has 0 aromatic heterocycles. The Kier molecular flexibility index (Phi) is 10.4. The number of unbranched alkanes of at least 4 members (excludes halogenated alkanes) is 5. The Hall–Kier alpha value is -0.413. The largest absolute Gasteiger partial charge is 0.411 e. The molecule has 0 heterocycles. The second-order valence-corrected chi connectivity index (χ2v) is 14.5. The first-order valence-electron chi connectivity index (χ1n) is 11.0. The van der Waals surface area contributed by atoms with Gasteiger partial charge < -0.3 is 4.43 Å². The minimum Gasteiger partial charge on any atom is -0.411 e. The quantitative estimate of drug-likeness (QED) is 0.211. The molecule has 0 spiro atoms. The van der Waals surface area contributed by atoms with E-state index in [1.54, 1.807) is 0 Å². The van der Waals surface area contributed by atoms with Crippen LogP contribution in [0.4, 0.5) is 0 Å². The van der Waals surface area contributed by atoms with Crippen LogP contribution >= 0.6 is 0 Å². The SMILES string of the molecule is CCCCCCCCC(C=CC1CCCC(=O)C1)O[Si](C)(C)C(C)(C)C. The van der Waals surface area contributed by atoms with E-state index in [0.29, 0.717) is 11.7 Å². The van der Waals surface area contributed by atoms with Crippen LogP contribution in [-0.4, -0.2) is 20.2 Å². The van der Waals surface area contributed by atoms with Crippen LogP contribution in [0, 0.1) is 5.92 Å². The first-order valence-corrected chi connectivity index (χ1v) is 13.9. The molecular formula is C23H44O2Si. The van der Waals surface area contributed by atoms with Gasteiger partial charge in [-0.05, 0) is 43.3 Å². The van der Waals surface area contributed by atoms with Gasteiger partial charge in [-0.15, -0.1) is 0 Å². The zero-order chi connectivity index (χ0) is 19.6. The van der Waals surface area contributed by atoms with E-state index in [1.807, 2.05) is 0 Å². The molecule has 2 nitrogen and oxygen atoms in total. The van der Waals surface area contributed by atoms with Gasteiger partial charge in [-0.1, -0.05) is 78.4 Å². The first kappa shape index (κ1) is 23.6. The normalized spacial score (nSPS) is 20.7. The second kappa shape index (κ2) is 11.4. The Morgan fingerprint density at radius 1 is 1.15 bits per heavy atom. The Balaban J connectivity index is 2.60. The molecule has 1 saturated carbocycles. The molecule has 1 aliphatic rings. The predicted octanol–water partition coefficient (Wildman–Crippen LogP) is 7.44. The third kappa shape index (κ3) is 8.99. The summed E-state index contributed by atoms with van der Waals surface area (Å²) in [6.45, 7) is 13.9. The van der Waals surface area contributed by atoms with Crippen LogP contribution in [0.25, 0.3) is 0 Å². The van der Waals surface area contributed by atoms with Crippen LogP contribution in [0.2, 0.25) is 18.1 Å². The van der Waals surface area contributed by atoms with Crippen molar-refractivity contribution in [2.75, 3.05) is 0 Å². The maximum absolute atomic E-state index is 11.7. The Morgan fingerprint density at radius 3 is 2.42 bits per heavy atom. The van der Waals surface area contributed by atoms with Crippen molar-refractivity contribution < 1.29 is 9.22 Å². The number of carbonyl (C=O) groups is 1. The average Bonchev–Trinajstić information content (AvgIpc) is 2.54. The molecule has 2 atom stereocenters. The van der Waals surface area contributed by atoms with E-state index in [1.165, 1.54) is 38.5 Å². The molecule has 0 bridgehead atoms. The van der Waals surface area contributed by atoms with Gasteiger partial charge >= 0.3 is 0 Å². The molecule has 0 N–H and O–H groups in total. The van der Waals surface area contributed by atoms with Crippen molar-refractivity contribution in [1.29, 1.82) is 0 Å². The molecule has 1 aliphatic carbocycles. The molecule has 3 heteroatoms.